The van der Waals surface area contributed by atoms with E-state index in [0.717, 1.165) is 12.8 Å². The third-order valence-electron chi connectivity index (χ3n) is 5.92. The molecule has 4 atom stereocenters. The second-order valence-electron chi connectivity index (χ2n) is 6.84. The van der Waals surface area contributed by atoms with Gasteiger partial charge < -0.3 is 22.4 Å². The van der Waals surface area contributed by atoms with Crippen LogP contribution in [-0.4, -0.2) is 24.2 Å². The van der Waals surface area contributed by atoms with Crippen LogP contribution >= 0.6 is 0 Å². The molecule has 21 heavy (non-hydrogen) atoms. The number of hydrogen-bond acceptors (Lipinski definition) is 1. The molecular formula is C18H26ClNO. The van der Waals surface area contributed by atoms with Crippen molar-refractivity contribution in [2.75, 3.05) is 13.1 Å². The topological polar surface area (TPSA) is 24.7 Å². The number of aromatic hydroxyl groups is 1. The van der Waals surface area contributed by atoms with Gasteiger partial charge in [-0.2, -0.15) is 0 Å². The smallest absolute Gasteiger partial charge is 0.115 e. The summed E-state index contributed by atoms with van der Waals surface area (Å²) in [6, 6.07) is 6.71. The lowest BCUT2D eigenvalue weighted by Crippen LogP contribution is -3.18. The summed E-state index contributed by atoms with van der Waals surface area (Å²) in [5, 5.41) is 9.84. The summed E-state index contributed by atoms with van der Waals surface area (Å²) < 4.78 is 0. The van der Waals surface area contributed by atoms with E-state index in [1.54, 1.807) is 4.90 Å². The van der Waals surface area contributed by atoms with Crippen molar-refractivity contribution in [2.24, 2.45) is 5.92 Å². The van der Waals surface area contributed by atoms with Gasteiger partial charge in [-0.25, -0.2) is 0 Å². The van der Waals surface area contributed by atoms with Gasteiger partial charge in [-0.1, -0.05) is 26.0 Å². The number of benzene rings is 1. The van der Waals surface area contributed by atoms with Crippen molar-refractivity contribution in [1.82, 2.24) is 0 Å². The molecule has 1 heterocycles. The summed E-state index contributed by atoms with van der Waals surface area (Å²) in [5.41, 5.74) is 3.07. The fourth-order valence-electron chi connectivity index (χ4n) is 4.44. The third kappa shape index (κ3) is 2.60. The zero-order valence-corrected chi connectivity index (χ0v) is 13.8. The number of rotatable bonds is 3. The fourth-order valence-corrected chi connectivity index (χ4v) is 4.44. The van der Waals surface area contributed by atoms with Crippen LogP contribution in [0.2, 0.25) is 0 Å². The monoisotopic (exact) mass is 307 g/mol. The number of phenols is 1. The van der Waals surface area contributed by atoms with Crippen LogP contribution in [0.5, 0.6) is 5.75 Å². The van der Waals surface area contributed by atoms with E-state index in [2.05, 4.69) is 26.5 Å². The number of halogens is 1. The Morgan fingerprint density at radius 2 is 2.24 bits per heavy atom. The molecule has 1 aliphatic heterocycles. The molecule has 3 rings (SSSR count). The number of phenolic OH excluding ortho intramolecular Hbond substituents is 1. The van der Waals surface area contributed by atoms with E-state index >= 15 is 0 Å². The highest BCUT2D eigenvalue weighted by molar-refractivity contribution is 5.43. The molecule has 3 heteroatoms. The predicted molar refractivity (Wildman–Crippen MR) is 82.2 cm³/mol. The van der Waals surface area contributed by atoms with Gasteiger partial charge in [-0.05, 0) is 23.3 Å². The number of fused-ring (bicyclic) bond motifs is 4. The first-order chi connectivity index (χ1) is 9.56. The normalized spacial score (nSPS) is 33.7. The Bertz CT molecular complexity index is 530. The van der Waals surface area contributed by atoms with E-state index in [0.29, 0.717) is 17.7 Å². The van der Waals surface area contributed by atoms with Gasteiger partial charge in [0.15, 0.2) is 0 Å². The Hall–Kier alpha value is -0.990. The molecule has 2 bridgehead atoms. The lowest BCUT2D eigenvalue weighted by atomic mass is 9.59. The molecule has 116 valence electrons. The van der Waals surface area contributed by atoms with Gasteiger partial charge in [-0.15, -0.1) is 6.58 Å². The van der Waals surface area contributed by atoms with Crippen LogP contribution in [0, 0.1) is 5.92 Å². The predicted octanol–water partition coefficient (Wildman–Crippen LogP) is -0.921. The van der Waals surface area contributed by atoms with E-state index in [1.165, 1.54) is 30.6 Å². The van der Waals surface area contributed by atoms with E-state index in [1.807, 2.05) is 18.2 Å². The second kappa shape index (κ2) is 6.02. The first-order valence-electron chi connectivity index (χ1n) is 7.84. The Morgan fingerprint density at radius 1 is 1.48 bits per heavy atom. The number of quaternary nitrogens is 1. The summed E-state index contributed by atoms with van der Waals surface area (Å²) in [4.78, 5) is 1.74. The molecular weight excluding hydrogens is 282 g/mol. The average Bonchev–Trinajstić information content (AvgIpc) is 2.43. The largest absolute Gasteiger partial charge is 1.00 e. The van der Waals surface area contributed by atoms with Crippen molar-refractivity contribution in [3.63, 3.8) is 0 Å². The van der Waals surface area contributed by atoms with Crippen molar-refractivity contribution in [3.05, 3.63) is 42.0 Å². The minimum absolute atomic E-state index is 0. The van der Waals surface area contributed by atoms with E-state index in [-0.39, 0.29) is 17.8 Å². The van der Waals surface area contributed by atoms with Gasteiger partial charge >= 0.3 is 0 Å². The SMILES string of the molecule is C=CCC[NH+]1CC[C@@]2(C)c3cc(O)ccc3C[C@@H]1[C@@H]2C.[Cl-]. The Labute approximate surface area is 134 Å². The maximum absolute atomic E-state index is 9.84. The van der Waals surface area contributed by atoms with Gasteiger partial charge in [0.05, 0.1) is 19.1 Å². The standard InChI is InChI=1S/C18H25NO.ClH/c1-4-5-9-19-10-8-18(3)13(2)17(19)11-14-6-7-15(20)12-16(14)18;/h4,6-7,12-13,17,20H,1,5,8-11H2,2-3H3;1H/t13-,17+,18+;/m0./s1. The molecule has 2 aliphatic rings. The average molecular weight is 308 g/mol. The van der Waals surface area contributed by atoms with Crippen molar-refractivity contribution in [1.29, 1.82) is 0 Å². The van der Waals surface area contributed by atoms with E-state index in [4.69, 9.17) is 0 Å². The fraction of sp³-hybridized carbons (Fsp3) is 0.556. The Morgan fingerprint density at radius 3 is 2.95 bits per heavy atom. The maximum atomic E-state index is 9.84. The highest BCUT2D eigenvalue weighted by Gasteiger charge is 2.50. The number of hydrogen-bond donors (Lipinski definition) is 2. The van der Waals surface area contributed by atoms with Gasteiger partial charge in [0.25, 0.3) is 0 Å². The highest BCUT2D eigenvalue weighted by Crippen LogP contribution is 2.45. The summed E-state index contributed by atoms with van der Waals surface area (Å²) in [6.45, 7) is 11.1. The zero-order valence-electron chi connectivity index (χ0n) is 13.0. The molecule has 0 aromatic heterocycles. The van der Waals surface area contributed by atoms with Gasteiger partial charge in [0.2, 0.25) is 0 Å². The van der Waals surface area contributed by atoms with Crippen molar-refractivity contribution in [2.45, 2.75) is 44.6 Å². The second-order valence-corrected chi connectivity index (χ2v) is 6.84. The van der Waals surface area contributed by atoms with Crippen molar-refractivity contribution < 1.29 is 22.4 Å². The summed E-state index contributed by atoms with van der Waals surface area (Å²) >= 11 is 0. The number of likely N-dealkylation sites (tertiary alicyclic amines) is 1. The molecule has 0 amide bonds. The number of piperidine rings is 1. The Kier molecular flexibility index (Phi) is 4.69. The van der Waals surface area contributed by atoms with Crippen LogP contribution in [0.1, 0.15) is 37.8 Å². The van der Waals surface area contributed by atoms with Gasteiger partial charge in [-0.3, -0.25) is 0 Å². The van der Waals surface area contributed by atoms with Crippen LogP contribution in [-0.2, 0) is 11.8 Å². The summed E-state index contributed by atoms with van der Waals surface area (Å²) in [6.07, 6.45) is 5.52. The summed E-state index contributed by atoms with van der Waals surface area (Å²) in [7, 11) is 0. The van der Waals surface area contributed by atoms with Crippen LogP contribution in [0.3, 0.4) is 0 Å². The van der Waals surface area contributed by atoms with Crippen LogP contribution in [0.4, 0.5) is 0 Å². The van der Waals surface area contributed by atoms with Crippen molar-refractivity contribution >= 4 is 0 Å². The molecule has 2 nitrogen and oxygen atoms in total. The third-order valence-corrected chi connectivity index (χ3v) is 5.92. The molecule has 1 fully saturated rings. The molecule has 1 aliphatic carbocycles. The summed E-state index contributed by atoms with van der Waals surface area (Å²) in [5.74, 6) is 1.09. The minimum Gasteiger partial charge on any atom is -1.00 e. The van der Waals surface area contributed by atoms with Crippen molar-refractivity contribution in [3.8, 4) is 5.75 Å². The number of nitrogens with one attached hydrogen (secondary N) is 1. The first kappa shape index (κ1) is 16.4. The van der Waals surface area contributed by atoms with Gasteiger partial charge in [0, 0.05) is 30.6 Å². The van der Waals surface area contributed by atoms with Crippen LogP contribution in [0.25, 0.3) is 0 Å². The Balaban J connectivity index is 0.00000161. The lowest BCUT2D eigenvalue weighted by Gasteiger charge is -2.52. The van der Waals surface area contributed by atoms with Crippen LogP contribution in [0.15, 0.2) is 30.9 Å². The van der Waals surface area contributed by atoms with Gasteiger partial charge in [0.1, 0.15) is 5.75 Å². The van der Waals surface area contributed by atoms with Crippen LogP contribution < -0.4 is 17.3 Å². The molecule has 0 saturated carbocycles. The molecule has 1 aromatic rings. The first-order valence-corrected chi connectivity index (χ1v) is 7.84. The van der Waals surface area contributed by atoms with E-state index < -0.39 is 0 Å². The zero-order chi connectivity index (χ0) is 14.3. The molecule has 0 radical (unpaired) electrons. The quantitative estimate of drug-likeness (QED) is 0.694. The molecule has 1 unspecified atom stereocenters. The highest BCUT2D eigenvalue weighted by atomic mass is 35.5. The lowest BCUT2D eigenvalue weighted by molar-refractivity contribution is -0.936. The molecule has 0 spiro atoms. The minimum atomic E-state index is 0. The molecule has 2 N–H and O–H groups in total. The maximum Gasteiger partial charge on any atom is 0.115 e. The van der Waals surface area contributed by atoms with E-state index in [9.17, 15) is 5.11 Å². The molecule has 1 aromatic carbocycles. The molecule has 1 saturated heterocycles.